The van der Waals surface area contributed by atoms with Crippen LogP contribution in [0.25, 0.3) is 10.2 Å². The van der Waals surface area contributed by atoms with Crippen LogP contribution in [0.5, 0.6) is 0 Å². The first-order valence-electron chi connectivity index (χ1n) is 9.43. The van der Waals surface area contributed by atoms with Gasteiger partial charge in [0.1, 0.15) is 15.7 Å². The van der Waals surface area contributed by atoms with Crippen molar-refractivity contribution >= 4 is 44.9 Å². The molecule has 0 bridgehead atoms. The van der Waals surface area contributed by atoms with E-state index in [4.69, 9.17) is 4.98 Å². The highest BCUT2D eigenvalue weighted by molar-refractivity contribution is 8.00. The molecule has 0 radical (unpaired) electrons. The van der Waals surface area contributed by atoms with Gasteiger partial charge in [0, 0.05) is 22.0 Å². The molecule has 1 aliphatic heterocycles. The predicted molar refractivity (Wildman–Crippen MR) is 112 cm³/mol. The lowest BCUT2D eigenvalue weighted by atomic mass is 10.1. The number of para-hydroxylation sites is 1. The number of thiophene rings is 1. The predicted octanol–water partition coefficient (Wildman–Crippen LogP) is 4.56. The summed E-state index contributed by atoms with van der Waals surface area (Å²) in [7, 11) is 0. The maximum Gasteiger partial charge on any atom is 0.237 e. The number of aromatic nitrogens is 2. The number of benzene rings is 1. The maximum atomic E-state index is 13.0. The fourth-order valence-corrected chi connectivity index (χ4v) is 6.65. The maximum absolute atomic E-state index is 13.0. The molecule has 2 aliphatic rings. The van der Waals surface area contributed by atoms with Gasteiger partial charge in [-0.25, -0.2) is 9.97 Å². The van der Waals surface area contributed by atoms with Crippen LogP contribution in [-0.4, -0.2) is 27.7 Å². The summed E-state index contributed by atoms with van der Waals surface area (Å²) in [4.78, 5) is 26.9. The summed E-state index contributed by atoms with van der Waals surface area (Å²) in [5.74, 6) is 1.36. The standard InChI is InChI=1S/C21H21N3OS2/c1-12-10-14-6-3-4-8-16(14)24(12)18(25)11-26-20-19-15-7-5-9-17(15)27-21(19)23-13(2)22-20/h3-4,6,8,12H,5,7,9-11H2,1-2H3/t12-/m0/s1. The van der Waals surface area contributed by atoms with Crippen LogP contribution in [0.2, 0.25) is 0 Å². The number of thioether (sulfide) groups is 1. The molecule has 27 heavy (non-hydrogen) atoms. The normalized spacial score (nSPS) is 18.1. The van der Waals surface area contributed by atoms with Crippen molar-refractivity contribution in [2.45, 2.75) is 50.6 Å². The number of carbonyl (C=O) groups excluding carboxylic acids is 1. The minimum Gasteiger partial charge on any atom is -0.308 e. The van der Waals surface area contributed by atoms with Gasteiger partial charge in [0.25, 0.3) is 0 Å². The first-order valence-corrected chi connectivity index (χ1v) is 11.2. The zero-order chi connectivity index (χ0) is 18.5. The second-order valence-electron chi connectivity index (χ2n) is 7.35. The van der Waals surface area contributed by atoms with Crippen molar-refractivity contribution < 1.29 is 4.79 Å². The van der Waals surface area contributed by atoms with Gasteiger partial charge in [-0.1, -0.05) is 30.0 Å². The van der Waals surface area contributed by atoms with Crippen molar-refractivity contribution in [3.05, 3.63) is 46.1 Å². The van der Waals surface area contributed by atoms with E-state index >= 15 is 0 Å². The van der Waals surface area contributed by atoms with Crippen LogP contribution in [-0.2, 0) is 24.1 Å². The number of rotatable bonds is 3. The highest BCUT2D eigenvalue weighted by atomic mass is 32.2. The number of amides is 1. The number of fused-ring (bicyclic) bond motifs is 4. The fraction of sp³-hybridized carbons (Fsp3) is 0.381. The highest BCUT2D eigenvalue weighted by Gasteiger charge is 2.31. The van der Waals surface area contributed by atoms with Crippen molar-refractivity contribution in [1.82, 2.24) is 9.97 Å². The molecule has 0 saturated heterocycles. The molecule has 0 fully saturated rings. The number of carbonyl (C=O) groups is 1. The molecule has 1 atom stereocenters. The van der Waals surface area contributed by atoms with Crippen LogP contribution in [0.15, 0.2) is 29.3 Å². The van der Waals surface area contributed by atoms with Gasteiger partial charge in [-0.2, -0.15) is 0 Å². The third-order valence-corrected chi connectivity index (χ3v) is 7.60. The second kappa shape index (κ2) is 6.60. The Morgan fingerprint density at radius 1 is 1.30 bits per heavy atom. The van der Waals surface area contributed by atoms with Crippen LogP contribution in [0, 0.1) is 6.92 Å². The molecule has 4 nitrogen and oxygen atoms in total. The Labute approximate surface area is 167 Å². The van der Waals surface area contributed by atoms with Crippen molar-refractivity contribution in [3.8, 4) is 0 Å². The van der Waals surface area contributed by atoms with Crippen LogP contribution in [0.3, 0.4) is 0 Å². The Morgan fingerprint density at radius 2 is 2.15 bits per heavy atom. The first-order chi connectivity index (χ1) is 13.1. The number of anilines is 1. The van der Waals surface area contributed by atoms with Gasteiger partial charge in [0.2, 0.25) is 5.91 Å². The zero-order valence-electron chi connectivity index (χ0n) is 15.5. The summed E-state index contributed by atoms with van der Waals surface area (Å²) in [6, 6.07) is 8.45. The molecule has 0 unspecified atom stereocenters. The molecule has 138 valence electrons. The minimum atomic E-state index is 0.161. The Bertz CT molecular complexity index is 1060. The number of hydrogen-bond donors (Lipinski definition) is 0. The summed E-state index contributed by atoms with van der Waals surface area (Å²) in [5, 5.41) is 2.18. The number of aryl methyl sites for hydroxylation is 3. The number of hydrogen-bond acceptors (Lipinski definition) is 5. The second-order valence-corrected chi connectivity index (χ2v) is 9.40. The molecular formula is C21H21N3OS2. The molecule has 3 heterocycles. The van der Waals surface area contributed by atoms with Crippen LogP contribution in [0.4, 0.5) is 5.69 Å². The molecule has 0 spiro atoms. The molecule has 1 amide bonds. The Kier molecular flexibility index (Phi) is 4.20. The molecule has 6 heteroatoms. The number of nitrogens with zero attached hydrogens (tertiary/aromatic N) is 3. The molecule has 2 aromatic heterocycles. The lowest BCUT2D eigenvalue weighted by Gasteiger charge is -2.22. The van der Waals surface area contributed by atoms with Gasteiger partial charge in [0.15, 0.2) is 0 Å². The van der Waals surface area contributed by atoms with Crippen molar-refractivity contribution in [2.75, 3.05) is 10.7 Å². The van der Waals surface area contributed by atoms with E-state index in [1.54, 1.807) is 23.1 Å². The Hall–Kier alpha value is -1.92. The molecular weight excluding hydrogens is 374 g/mol. The first kappa shape index (κ1) is 17.2. The van der Waals surface area contributed by atoms with E-state index in [0.717, 1.165) is 40.6 Å². The van der Waals surface area contributed by atoms with Crippen molar-refractivity contribution in [3.63, 3.8) is 0 Å². The lowest BCUT2D eigenvalue weighted by molar-refractivity contribution is -0.116. The third kappa shape index (κ3) is 2.86. The summed E-state index contributed by atoms with van der Waals surface area (Å²) in [5.41, 5.74) is 3.75. The molecule has 0 saturated carbocycles. The molecule has 3 aromatic rings. The lowest BCUT2D eigenvalue weighted by Crippen LogP contribution is -2.37. The molecule has 1 aromatic carbocycles. The Balaban J connectivity index is 1.43. The average Bonchev–Trinajstić information content (AvgIpc) is 3.30. The quantitative estimate of drug-likeness (QED) is 0.482. The SMILES string of the molecule is Cc1nc(SCC(=O)N2c3ccccc3C[C@@H]2C)c2c3c(sc2n1)CCC3. The summed E-state index contributed by atoms with van der Waals surface area (Å²) >= 11 is 3.38. The monoisotopic (exact) mass is 395 g/mol. The Morgan fingerprint density at radius 3 is 3.04 bits per heavy atom. The van der Waals surface area contributed by atoms with Gasteiger partial charge in [0.05, 0.1) is 5.75 Å². The van der Waals surface area contributed by atoms with E-state index in [2.05, 4.69) is 24.0 Å². The van der Waals surface area contributed by atoms with E-state index in [0.29, 0.717) is 5.75 Å². The highest BCUT2D eigenvalue weighted by Crippen LogP contribution is 2.41. The van der Waals surface area contributed by atoms with E-state index in [9.17, 15) is 4.79 Å². The largest absolute Gasteiger partial charge is 0.308 e. The van der Waals surface area contributed by atoms with Gasteiger partial charge < -0.3 is 4.90 Å². The topological polar surface area (TPSA) is 46.1 Å². The average molecular weight is 396 g/mol. The van der Waals surface area contributed by atoms with E-state index in [1.165, 1.54) is 27.8 Å². The van der Waals surface area contributed by atoms with Gasteiger partial charge in [-0.15, -0.1) is 11.3 Å². The minimum absolute atomic E-state index is 0.161. The van der Waals surface area contributed by atoms with E-state index in [1.807, 2.05) is 24.0 Å². The molecule has 0 N–H and O–H groups in total. The third-order valence-electron chi connectivity index (χ3n) is 5.45. The van der Waals surface area contributed by atoms with Crippen LogP contribution in [0.1, 0.15) is 35.2 Å². The van der Waals surface area contributed by atoms with Crippen molar-refractivity contribution in [1.29, 1.82) is 0 Å². The van der Waals surface area contributed by atoms with Crippen molar-refractivity contribution in [2.24, 2.45) is 0 Å². The molecule has 1 aliphatic carbocycles. The summed E-state index contributed by atoms with van der Waals surface area (Å²) in [6.07, 6.45) is 4.41. The smallest absolute Gasteiger partial charge is 0.237 e. The van der Waals surface area contributed by atoms with Gasteiger partial charge in [-0.3, -0.25) is 4.79 Å². The van der Waals surface area contributed by atoms with Crippen LogP contribution < -0.4 is 4.90 Å². The van der Waals surface area contributed by atoms with Gasteiger partial charge >= 0.3 is 0 Å². The summed E-state index contributed by atoms with van der Waals surface area (Å²) in [6.45, 7) is 4.07. The van der Waals surface area contributed by atoms with Crippen LogP contribution >= 0.6 is 23.1 Å². The molecule has 5 rings (SSSR count). The fourth-order valence-electron chi connectivity index (χ4n) is 4.31. The van der Waals surface area contributed by atoms with E-state index < -0.39 is 0 Å². The van der Waals surface area contributed by atoms with E-state index in [-0.39, 0.29) is 11.9 Å². The zero-order valence-corrected chi connectivity index (χ0v) is 17.1. The van der Waals surface area contributed by atoms with Gasteiger partial charge in [-0.05, 0) is 56.7 Å². The summed E-state index contributed by atoms with van der Waals surface area (Å²) < 4.78 is 0.